The summed E-state index contributed by atoms with van der Waals surface area (Å²) in [6.07, 6.45) is 3.77. The van der Waals surface area contributed by atoms with E-state index in [1.165, 1.54) is 6.07 Å². The minimum absolute atomic E-state index is 0.320. The first-order valence-corrected chi connectivity index (χ1v) is 9.87. The van der Waals surface area contributed by atoms with Gasteiger partial charge in [0.05, 0.1) is 10.6 Å². The fourth-order valence-electron chi connectivity index (χ4n) is 3.27. The molecule has 5 nitrogen and oxygen atoms in total. The Morgan fingerprint density at radius 3 is 2.73 bits per heavy atom. The summed E-state index contributed by atoms with van der Waals surface area (Å²) in [5, 5.41) is 5.18. The van der Waals surface area contributed by atoms with Crippen molar-refractivity contribution >= 4 is 34.2 Å². The van der Waals surface area contributed by atoms with Gasteiger partial charge in [-0.25, -0.2) is 9.37 Å². The number of H-pyrrole nitrogens is 1. The van der Waals surface area contributed by atoms with Crippen molar-refractivity contribution in [2.24, 2.45) is 0 Å². The molecule has 0 unspecified atom stereocenters. The lowest BCUT2D eigenvalue weighted by atomic mass is 10.1. The monoisotopic (exact) mass is 439 g/mol. The van der Waals surface area contributed by atoms with Crippen molar-refractivity contribution in [2.75, 3.05) is 0 Å². The van der Waals surface area contributed by atoms with Crippen LogP contribution >= 0.6 is 23.2 Å². The van der Waals surface area contributed by atoms with Gasteiger partial charge in [-0.1, -0.05) is 40.5 Å². The molecular weight excluding hydrogens is 426 g/mol. The number of benzene rings is 2. The summed E-state index contributed by atoms with van der Waals surface area (Å²) in [6.45, 7) is 0.461. The molecule has 0 radical (unpaired) electrons. The molecule has 3 aromatic heterocycles. The molecule has 3 heterocycles. The number of aromatic amines is 1. The molecule has 0 aliphatic carbocycles. The van der Waals surface area contributed by atoms with Gasteiger partial charge in [0.25, 0.3) is 0 Å². The first-order chi connectivity index (χ1) is 14.6. The Morgan fingerprint density at radius 2 is 1.90 bits per heavy atom. The average Bonchev–Trinajstić information content (AvgIpc) is 3.35. The van der Waals surface area contributed by atoms with Crippen molar-refractivity contribution in [3.05, 3.63) is 88.6 Å². The molecule has 0 saturated carbocycles. The molecule has 8 heteroatoms. The molecule has 148 valence electrons. The van der Waals surface area contributed by atoms with E-state index >= 15 is 0 Å². The molecule has 2 aromatic carbocycles. The predicted molar refractivity (Wildman–Crippen MR) is 113 cm³/mol. The zero-order valence-electron chi connectivity index (χ0n) is 15.4. The minimum Gasteiger partial charge on any atom is -0.354 e. The Kier molecular flexibility index (Phi) is 4.73. The number of imidazole rings is 1. The molecule has 1 N–H and O–H groups in total. The topological polar surface area (TPSA) is 58.6 Å². The standard InChI is InChI=1S/C22H13Cl2FN4O/c23-13-5-6-15(17(24)9-13)20-10-14(30-28-20)11-29-8-7-19-21(12-29)27-22(26-19)16-3-1-2-4-18(16)25/h1-10,12H,11H2/p+1. The molecule has 0 fully saturated rings. The molecule has 0 aliphatic heterocycles. The number of fused-ring (bicyclic) bond motifs is 1. The van der Waals surface area contributed by atoms with E-state index in [0.717, 1.165) is 16.6 Å². The second-order valence-electron chi connectivity index (χ2n) is 6.78. The summed E-state index contributed by atoms with van der Waals surface area (Å²) in [5.41, 5.74) is 3.35. The average molecular weight is 440 g/mol. The second-order valence-corrected chi connectivity index (χ2v) is 7.63. The highest BCUT2D eigenvalue weighted by molar-refractivity contribution is 6.36. The molecule has 0 atom stereocenters. The van der Waals surface area contributed by atoms with Gasteiger partial charge in [0, 0.05) is 22.7 Å². The lowest BCUT2D eigenvalue weighted by molar-refractivity contribution is -0.688. The van der Waals surface area contributed by atoms with Crippen LogP contribution in [0.1, 0.15) is 5.76 Å². The number of nitrogens with zero attached hydrogens (tertiary/aromatic N) is 3. The summed E-state index contributed by atoms with van der Waals surface area (Å²) >= 11 is 12.2. The Morgan fingerprint density at radius 1 is 1.03 bits per heavy atom. The zero-order chi connectivity index (χ0) is 20.7. The van der Waals surface area contributed by atoms with E-state index in [2.05, 4.69) is 15.1 Å². The maximum Gasteiger partial charge on any atom is 0.208 e. The number of pyridine rings is 1. The lowest BCUT2D eigenvalue weighted by Gasteiger charge is -1.99. The van der Waals surface area contributed by atoms with Crippen LogP contribution in [0, 0.1) is 5.82 Å². The molecule has 5 aromatic rings. The molecule has 0 saturated heterocycles. The van der Waals surface area contributed by atoms with Crippen LogP contribution < -0.4 is 4.57 Å². The second kappa shape index (κ2) is 7.55. The first-order valence-electron chi connectivity index (χ1n) is 9.11. The number of hydrogen-bond acceptors (Lipinski definition) is 3. The van der Waals surface area contributed by atoms with E-state index in [0.29, 0.717) is 39.4 Å². The Bertz CT molecular complexity index is 1380. The highest BCUT2D eigenvalue weighted by Gasteiger charge is 2.16. The lowest BCUT2D eigenvalue weighted by Crippen LogP contribution is -2.32. The maximum atomic E-state index is 14.1. The van der Waals surface area contributed by atoms with Gasteiger partial charge in [-0.3, -0.25) is 0 Å². The SMILES string of the molecule is Fc1ccccc1-c1nc2cc[n+](Cc3cc(-c4ccc(Cl)cc4Cl)no3)cc2[nH]1. The van der Waals surface area contributed by atoms with Crippen molar-refractivity contribution in [3.63, 3.8) is 0 Å². The number of nitrogens with one attached hydrogen (secondary N) is 1. The minimum atomic E-state index is -0.320. The van der Waals surface area contributed by atoms with Crippen molar-refractivity contribution in [3.8, 4) is 22.6 Å². The fraction of sp³-hybridized carbons (Fsp3) is 0.0455. The van der Waals surface area contributed by atoms with Gasteiger partial charge in [-0.05, 0) is 30.3 Å². The number of rotatable bonds is 4. The van der Waals surface area contributed by atoms with Crippen LogP contribution in [-0.2, 0) is 6.54 Å². The third-order valence-corrected chi connectivity index (χ3v) is 5.26. The maximum absolute atomic E-state index is 14.1. The highest BCUT2D eigenvalue weighted by Crippen LogP contribution is 2.30. The molecule has 30 heavy (non-hydrogen) atoms. The molecule has 0 spiro atoms. The normalized spacial score (nSPS) is 11.3. The summed E-state index contributed by atoms with van der Waals surface area (Å²) in [4.78, 5) is 7.66. The molecule has 5 rings (SSSR count). The van der Waals surface area contributed by atoms with Gasteiger partial charge < -0.3 is 9.51 Å². The summed E-state index contributed by atoms with van der Waals surface area (Å²) in [6, 6.07) is 15.5. The van der Waals surface area contributed by atoms with Crippen LogP contribution in [0.25, 0.3) is 33.7 Å². The Hall–Kier alpha value is -3.22. The third-order valence-electron chi connectivity index (χ3n) is 4.71. The van der Waals surface area contributed by atoms with Crippen molar-refractivity contribution in [1.82, 2.24) is 15.1 Å². The predicted octanol–water partition coefficient (Wildman–Crippen LogP) is 5.67. The third kappa shape index (κ3) is 3.56. The van der Waals surface area contributed by atoms with Crippen molar-refractivity contribution in [1.29, 1.82) is 0 Å². The van der Waals surface area contributed by atoms with Gasteiger partial charge in [0.1, 0.15) is 28.4 Å². The molecule has 0 amide bonds. The van der Waals surface area contributed by atoms with Crippen LogP contribution in [0.4, 0.5) is 4.39 Å². The summed E-state index contributed by atoms with van der Waals surface area (Å²) < 4.78 is 21.5. The molecule has 0 aliphatic rings. The number of hydrogen-bond donors (Lipinski definition) is 1. The van der Waals surface area contributed by atoms with E-state index in [9.17, 15) is 4.39 Å². The van der Waals surface area contributed by atoms with Crippen LogP contribution in [0.15, 0.2) is 71.5 Å². The largest absolute Gasteiger partial charge is 0.354 e. The van der Waals surface area contributed by atoms with Crippen molar-refractivity contribution < 1.29 is 13.5 Å². The van der Waals surface area contributed by atoms with E-state index in [1.807, 2.05) is 29.1 Å². The Balaban J connectivity index is 1.42. The summed E-state index contributed by atoms with van der Waals surface area (Å²) in [5.74, 6) is 0.828. The van der Waals surface area contributed by atoms with Crippen molar-refractivity contribution in [2.45, 2.75) is 6.54 Å². The van der Waals surface area contributed by atoms with E-state index in [1.54, 1.807) is 36.4 Å². The van der Waals surface area contributed by atoms with E-state index in [4.69, 9.17) is 27.7 Å². The van der Waals surface area contributed by atoms with E-state index in [-0.39, 0.29) is 5.82 Å². The van der Waals surface area contributed by atoms with Crippen LogP contribution in [-0.4, -0.2) is 15.1 Å². The van der Waals surface area contributed by atoms with Gasteiger partial charge in [-0.15, -0.1) is 0 Å². The van der Waals surface area contributed by atoms with Gasteiger partial charge in [0.2, 0.25) is 12.3 Å². The smallest absolute Gasteiger partial charge is 0.208 e. The number of halogens is 3. The number of aromatic nitrogens is 4. The van der Waals surface area contributed by atoms with Crippen LogP contribution in [0.5, 0.6) is 0 Å². The molecule has 0 bridgehead atoms. The van der Waals surface area contributed by atoms with Crippen LogP contribution in [0.3, 0.4) is 0 Å². The van der Waals surface area contributed by atoms with Gasteiger partial charge in [-0.2, -0.15) is 4.57 Å². The van der Waals surface area contributed by atoms with Gasteiger partial charge >= 0.3 is 0 Å². The first kappa shape index (κ1) is 18.8. The zero-order valence-corrected chi connectivity index (χ0v) is 17.0. The highest BCUT2D eigenvalue weighted by atomic mass is 35.5. The fourth-order valence-corrected chi connectivity index (χ4v) is 3.78. The van der Waals surface area contributed by atoms with Crippen LogP contribution in [0.2, 0.25) is 10.0 Å². The quantitative estimate of drug-likeness (QED) is 0.367. The van der Waals surface area contributed by atoms with E-state index < -0.39 is 0 Å². The Labute approximate surface area is 180 Å². The summed E-state index contributed by atoms with van der Waals surface area (Å²) in [7, 11) is 0. The van der Waals surface area contributed by atoms with Gasteiger partial charge in [0.15, 0.2) is 12.4 Å². The molecular formula is C22H14Cl2FN4O+.